The number of hydrogen-bond donors (Lipinski definition) is 1. The molecule has 0 bridgehead atoms. The van der Waals surface area contributed by atoms with Crippen LogP contribution in [0.4, 0.5) is 0 Å². The van der Waals surface area contributed by atoms with Crippen LogP contribution in [0.15, 0.2) is 24.3 Å². The van der Waals surface area contributed by atoms with Gasteiger partial charge in [-0.05, 0) is 29.9 Å². The van der Waals surface area contributed by atoms with Crippen LogP contribution in [0, 0.1) is 5.92 Å². The van der Waals surface area contributed by atoms with Gasteiger partial charge in [-0.3, -0.25) is 0 Å². The van der Waals surface area contributed by atoms with E-state index >= 15 is 0 Å². The summed E-state index contributed by atoms with van der Waals surface area (Å²) in [4.78, 5) is 0. The second kappa shape index (κ2) is 6.94. The monoisotopic (exact) mass is 245 g/mol. The van der Waals surface area contributed by atoms with Gasteiger partial charge < -0.3 is 5.73 Å². The van der Waals surface area contributed by atoms with E-state index < -0.39 is 0 Å². The number of benzene rings is 1. The Morgan fingerprint density at radius 1 is 1.06 bits per heavy atom. The van der Waals surface area contributed by atoms with Crippen molar-refractivity contribution in [2.45, 2.75) is 64.3 Å². The summed E-state index contributed by atoms with van der Waals surface area (Å²) < 4.78 is 0. The molecule has 1 aliphatic carbocycles. The molecule has 1 aromatic carbocycles. The molecule has 1 atom stereocenters. The SMILES string of the molecule is CCc1ccc(C(N)CC2CCCCCC2)cc1. The standard InChI is InChI=1S/C17H27N/c1-2-14-9-11-16(12-10-14)17(18)13-15-7-5-3-4-6-8-15/h9-12,15,17H,2-8,13,18H2,1H3. The summed E-state index contributed by atoms with van der Waals surface area (Å²) >= 11 is 0. The number of hydrogen-bond acceptors (Lipinski definition) is 1. The van der Waals surface area contributed by atoms with E-state index in [4.69, 9.17) is 5.73 Å². The van der Waals surface area contributed by atoms with Gasteiger partial charge in [0.15, 0.2) is 0 Å². The van der Waals surface area contributed by atoms with Crippen molar-refractivity contribution in [2.24, 2.45) is 11.7 Å². The predicted octanol–water partition coefficient (Wildman–Crippen LogP) is 4.61. The Kier molecular flexibility index (Phi) is 5.25. The lowest BCUT2D eigenvalue weighted by Crippen LogP contribution is -2.15. The van der Waals surface area contributed by atoms with Crippen LogP contribution in [-0.4, -0.2) is 0 Å². The molecule has 0 spiro atoms. The molecule has 1 heteroatoms. The normalized spacial score (nSPS) is 19.4. The van der Waals surface area contributed by atoms with E-state index in [1.807, 2.05) is 0 Å². The third-order valence-corrected chi connectivity index (χ3v) is 4.38. The van der Waals surface area contributed by atoms with Crippen LogP contribution in [0.5, 0.6) is 0 Å². The predicted molar refractivity (Wildman–Crippen MR) is 78.6 cm³/mol. The van der Waals surface area contributed by atoms with Crippen molar-refractivity contribution in [3.63, 3.8) is 0 Å². The van der Waals surface area contributed by atoms with Gasteiger partial charge in [-0.1, -0.05) is 69.7 Å². The van der Waals surface area contributed by atoms with Crippen molar-refractivity contribution >= 4 is 0 Å². The largest absolute Gasteiger partial charge is 0.324 e. The summed E-state index contributed by atoms with van der Waals surface area (Å²) in [7, 11) is 0. The summed E-state index contributed by atoms with van der Waals surface area (Å²) in [5.74, 6) is 0.855. The summed E-state index contributed by atoms with van der Waals surface area (Å²) in [5.41, 5.74) is 9.09. The zero-order valence-electron chi connectivity index (χ0n) is 11.7. The molecular formula is C17H27N. The molecule has 0 saturated heterocycles. The summed E-state index contributed by atoms with van der Waals surface area (Å²) in [5, 5.41) is 0. The van der Waals surface area contributed by atoms with Gasteiger partial charge in [0.05, 0.1) is 0 Å². The van der Waals surface area contributed by atoms with Crippen molar-refractivity contribution in [1.29, 1.82) is 0 Å². The first-order chi connectivity index (χ1) is 8.79. The summed E-state index contributed by atoms with van der Waals surface area (Å²) in [6, 6.07) is 9.13. The Hall–Kier alpha value is -0.820. The minimum atomic E-state index is 0.235. The van der Waals surface area contributed by atoms with Gasteiger partial charge in [-0.25, -0.2) is 0 Å². The zero-order chi connectivity index (χ0) is 12.8. The fourth-order valence-electron chi connectivity index (χ4n) is 3.10. The number of rotatable bonds is 4. The van der Waals surface area contributed by atoms with Gasteiger partial charge in [0, 0.05) is 6.04 Å². The van der Waals surface area contributed by atoms with E-state index in [-0.39, 0.29) is 6.04 Å². The minimum Gasteiger partial charge on any atom is -0.324 e. The first-order valence-corrected chi connectivity index (χ1v) is 7.64. The average Bonchev–Trinajstić information content (AvgIpc) is 2.67. The van der Waals surface area contributed by atoms with Crippen LogP contribution < -0.4 is 5.73 Å². The van der Waals surface area contributed by atoms with Crippen molar-refractivity contribution in [2.75, 3.05) is 0 Å². The third-order valence-electron chi connectivity index (χ3n) is 4.38. The van der Waals surface area contributed by atoms with E-state index in [0.29, 0.717) is 0 Å². The van der Waals surface area contributed by atoms with Crippen LogP contribution in [0.25, 0.3) is 0 Å². The highest BCUT2D eigenvalue weighted by Crippen LogP contribution is 2.30. The van der Waals surface area contributed by atoms with Crippen LogP contribution in [0.3, 0.4) is 0 Å². The molecule has 0 amide bonds. The summed E-state index contributed by atoms with van der Waals surface area (Å²) in [6.45, 7) is 2.19. The van der Waals surface area contributed by atoms with E-state index in [1.165, 1.54) is 56.1 Å². The molecule has 1 aromatic rings. The smallest absolute Gasteiger partial charge is 0.0297 e. The van der Waals surface area contributed by atoms with E-state index in [1.54, 1.807) is 0 Å². The molecule has 0 radical (unpaired) electrons. The van der Waals surface area contributed by atoms with Crippen molar-refractivity contribution in [1.82, 2.24) is 0 Å². The summed E-state index contributed by atoms with van der Waals surface area (Å²) in [6.07, 6.45) is 10.7. The van der Waals surface area contributed by atoms with Gasteiger partial charge in [0.1, 0.15) is 0 Å². The second-order valence-corrected chi connectivity index (χ2v) is 5.79. The fraction of sp³-hybridized carbons (Fsp3) is 0.647. The maximum Gasteiger partial charge on any atom is 0.0297 e. The molecule has 1 aliphatic rings. The number of nitrogens with two attached hydrogens (primary N) is 1. The van der Waals surface area contributed by atoms with E-state index in [0.717, 1.165) is 12.3 Å². The highest BCUT2D eigenvalue weighted by atomic mass is 14.6. The third kappa shape index (κ3) is 3.84. The Balaban J connectivity index is 1.90. The Bertz CT molecular complexity index is 333. The lowest BCUT2D eigenvalue weighted by Gasteiger charge is -2.19. The molecule has 0 heterocycles. The second-order valence-electron chi connectivity index (χ2n) is 5.79. The molecule has 0 aliphatic heterocycles. The Morgan fingerprint density at radius 3 is 2.22 bits per heavy atom. The van der Waals surface area contributed by atoms with E-state index in [2.05, 4.69) is 31.2 Å². The quantitative estimate of drug-likeness (QED) is 0.770. The lowest BCUT2D eigenvalue weighted by molar-refractivity contribution is 0.393. The van der Waals surface area contributed by atoms with Crippen molar-refractivity contribution in [3.05, 3.63) is 35.4 Å². The van der Waals surface area contributed by atoms with Crippen LogP contribution in [0.1, 0.15) is 69.0 Å². The van der Waals surface area contributed by atoms with E-state index in [9.17, 15) is 0 Å². The van der Waals surface area contributed by atoms with Crippen LogP contribution >= 0.6 is 0 Å². The maximum atomic E-state index is 6.37. The van der Waals surface area contributed by atoms with Gasteiger partial charge in [0.25, 0.3) is 0 Å². The molecule has 1 fully saturated rings. The minimum absolute atomic E-state index is 0.235. The molecule has 2 N–H and O–H groups in total. The molecule has 100 valence electrons. The van der Waals surface area contributed by atoms with Gasteiger partial charge >= 0.3 is 0 Å². The Labute approximate surface area is 112 Å². The maximum absolute atomic E-state index is 6.37. The molecule has 0 aromatic heterocycles. The highest BCUT2D eigenvalue weighted by molar-refractivity contribution is 5.24. The molecule has 2 rings (SSSR count). The van der Waals surface area contributed by atoms with Crippen LogP contribution in [-0.2, 0) is 6.42 Å². The molecule has 1 saturated carbocycles. The van der Waals surface area contributed by atoms with Gasteiger partial charge in [0.2, 0.25) is 0 Å². The first-order valence-electron chi connectivity index (χ1n) is 7.64. The first kappa shape index (κ1) is 13.6. The van der Waals surface area contributed by atoms with Gasteiger partial charge in [-0.15, -0.1) is 0 Å². The number of aryl methyl sites for hydroxylation is 1. The highest BCUT2D eigenvalue weighted by Gasteiger charge is 2.16. The average molecular weight is 245 g/mol. The molecular weight excluding hydrogens is 218 g/mol. The topological polar surface area (TPSA) is 26.0 Å². The lowest BCUT2D eigenvalue weighted by atomic mass is 9.90. The van der Waals surface area contributed by atoms with Crippen LogP contribution in [0.2, 0.25) is 0 Å². The molecule has 18 heavy (non-hydrogen) atoms. The van der Waals surface area contributed by atoms with Gasteiger partial charge in [-0.2, -0.15) is 0 Å². The van der Waals surface area contributed by atoms with Crippen molar-refractivity contribution < 1.29 is 0 Å². The fourth-order valence-corrected chi connectivity index (χ4v) is 3.10. The molecule has 1 unspecified atom stereocenters. The molecule has 1 nitrogen and oxygen atoms in total. The van der Waals surface area contributed by atoms with Crippen molar-refractivity contribution in [3.8, 4) is 0 Å². The zero-order valence-corrected chi connectivity index (χ0v) is 11.7. The Morgan fingerprint density at radius 2 is 1.67 bits per heavy atom.